The molecule has 12 unspecified atom stereocenters. The molecular weight excluding hydrogens is 2610 g/mol. The highest BCUT2D eigenvalue weighted by molar-refractivity contribution is 7.66. The summed E-state index contributed by atoms with van der Waals surface area (Å²) in [5.41, 5.74) is 0. The van der Waals surface area contributed by atoms with Crippen molar-refractivity contribution in [3.05, 3.63) is 0 Å². The molecule has 0 aliphatic heterocycles. The van der Waals surface area contributed by atoms with E-state index in [2.05, 4.69) is 155 Å². The lowest BCUT2D eigenvalue weighted by Gasteiger charge is -2.28. The van der Waals surface area contributed by atoms with Crippen molar-refractivity contribution >= 4 is 361 Å². The molecule has 48 heteroatoms. The molecule has 12 nitrogen and oxygen atoms in total. The van der Waals surface area contributed by atoms with E-state index in [1.807, 2.05) is 6.92 Å². The van der Waals surface area contributed by atoms with E-state index in [0.717, 1.165) is 223 Å². The molecule has 0 aliphatic rings. The van der Waals surface area contributed by atoms with Crippen LogP contribution in [0.1, 0.15) is 276 Å². The average molecular weight is 2830 g/mol. The molecule has 0 radical (unpaired) electrons. The van der Waals surface area contributed by atoms with Gasteiger partial charge >= 0.3 is 24.0 Å². The molecule has 0 spiro atoms. The molecule has 0 aromatic heterocycles. The van der Waals surface area contributed by atoms with E-state index in [0.29, 0.717) is 82.8 Å². The van der Waals surface area contributed by atoms with Crippen LogP contribution in [0.4, 0.5) is 0 Å². The summed E-state index contributed by atoms with van der Waals surface area (Å²) in [7, 11) is -12.1. The molecule has 924 valence electrons. The predicted octanol–water partition coefficient (Wildman–Crippen LogP) is 38.2. The fourth-order valence-electron chi connectivity index (χ4n) is 17.2. The zero-order valence-electron chi connectivity index (χ0n) is 98.0. The lowest BCUT2D eigenvalue weighted by molar-refractivity contribution is 0.282. The van der Waals surface area contributed by atoms with Gasteiger partial charge in [0.05, 0.1) is 0 Å². The Morgan fingerprint density at radius 1 is 0.133 bits per heavy atom. The van der Waals surface area contributed by atoms with Gasteiger partial charge in [-0.3, -0.25) is 0 Å². The van der Waals surface area contributed by atoms with Crippen LogP contribution in [0.15, 0.2) is 0 Å². The molecule has 0 saturated carbocycles. The third kappa shape index (κ3) is 151. The number of hydrogen-bond donors (Lipinski definition) is 12. The van der Waals surface area contributed by atoms with Crippen LogP contribution in [0.25, 0.3) is 0 Å². The van der Waals surface area contributed by atoms with Crippen molar-refractivity contribution in [3.8, 4) is 0 Å². The molecule has 0 aromatic rings. The van der Waals surface area contributed by atoms with E-state index < -0.39 is 88.6 Å². The number of unbranched alkanes of at least 4 members (excludes halogenated alkanes) is 9. The van der Waals surface area contributed by atoms with Crippen LogP contribution < -0.4 is 0 Å². The summed E-state index contributed by atoms with van der Waals surface area (Å²) in [5, 5.41) is 110. The minimum absolute atomic E-state index is 0.0218. The zero-order valence-corrected chi connectivity index (χ0v) is 128. The smallest absolute Gasteiger partial charge is 0.341 e. The normalized spacial score (nSPS) is 14.6. The van der Waals surface area contributed by atoms with E-state index >= 15 is 0 Å². The van der Waals surface area contributed by atoms with Gasteiger partial charge in [0.15, 0.2) is 0 Å². The second-order valence-electron chi connectivity index (χ2n) is 48.4. The molecule has 0 saturated heterocycles. The number of aliphatic hydroxyl groups excluding tert-OH is 12. The Morgan fingerprint density at radius 3 is 0.367 bits per heavy atom. The monoisotopic (exact) mass is 2820 g/mol. The summed E-state index contributed by atoms with van der Waals surface area (Å²) in [6.45, 7) is 55.5. The van der Waals surface area contributed by atoms with Crippen molar-refractivity contribution in [1.82, 2.24) is 0 Å². The van der Waals surface area contributed by atoms with Crippen LogP contribution in [0.3, 0.4) is 0 Å². The van der Waals surface area contributed by atoms with E-state index in [4.69, 9.17) is 303 Å². The zero-order chi connectivity index (χ0) is 120. The fourth-order valence-corrected chi connectivity index (χ4v) is 52.0. The highest BCUT2D eigenvalue weighted by Gasteiger charge is 2.38. The van der Waals surface area contributed by atoms with E-state index in [1.54, 1.807) is 0 Å². The first-order valence-corrected chi connectivity index (χ1v) is 109. The lowest BCUT2D eigenvalue weighted by Crippen LogP contribution is -2.49. The highest BCUT2D eigenvalue weighted by atomic mass is 35.9. The van der Waals surface area contributed by atoms with Gasteiger partial charge in [0.25, 0.3) is 0 Å². The summed E-state index contributed by atoms with van der Waals surface area (Å²) in [4.78, 5) is 0. The Kier molecular flexibility index (Phi) is 143. The number of rotatable bonds is 78. The molecule has 12 atom stereocenters. The van der Waals surface area contributed by atoms with Crippen LogP contribution in [0.2, 0.25) is 151 Å². The Morgan fingerprint density at radius 2 is 0.240 bits per heavy atom. The van der Waals surface area contributed by atoms with Crippen molar-refractivity contribution in [2.45, 2.75) is 427 Å². The highest BCUT2D eigenvalue weighted by Crippen LogP contribution is 2.36. The third-order valence-electron chi connectivity index (χ3n) is 24.8. The lowest BCUT2D eigenvalue weighted by atomic mass is 10.1. The first-order chi connectivity index (χ1) is 69.2. The van der Waals surface area contributed by atoms with Crippen molar-refractivity contribution in [3.63, 3.8) is 0 Å². The standard InChI is InChI=1S/C11H25ClO3Si.C11H25ClSi.C10H23ClO3Si.C10H23ClSi.C9H21ClO3Si.C9H21ClSi.C8H16Cl4Si.C8H19ClO3Si.C8H19ClSi.C7H14Cl4Si.C6H12Cl4Si.C5H10Cl4Si/c1-11(5-3-2-4-6-12)7-16(8-13,9-14)10-15;1-11(10-13(2,3)4)8-6-5-7-9-12;1-10(4-2-3-5-11)6-15(7-12,8-13)9-14;1-10(7-5-6-8-11)9-12(2,3)4;1-9(3-2-4-10)5-14(6-11,7-12)8-13;1-9(6-5-7-10)8-11(2,3)4;1-8(7-13(10,11)12)5-3-2-4-6-9;1-8(2-3-9)4-13(5-10,6-11)7-12;1-8(5-6-9)7-10(2,3)4;1-7(4-2-3-5-8)6-12(9,10)11;1-6(3-2-4-7)5-11(8,9)10;1-5(2-3-6)4-10(7,8)9/h11,13-15H,2-10H2,1H3;11H,5-10H2,1-4H3;10,12-14H,2-9H2,1H3;10H,5-9H2,1-4H3;9,11-13H,2-8H2,1H3;9H,5-8H2,1-4H3;8H,2-7H2,1H3;8,10-12H,2-7H2,1H3;8H,5-7H2,1-4H3;7H,2-6H2,1H3;6H,2-5H2,1H3;5H,2-4H2,1H3. The second-order valence-corrected chi connectivity index (χ2v) is 129. The maximum Gasteiger partial charge on any atom is 0.341 e. The van der Waals surface area contributed by atoms with Gasteiger partial charge in [-0.25, -0.2) is 0 Å². The van der Waals surface area contributed by atoms with Crippen LogP contribution in [0, 0.1) is 71.0 Å². The molecule has 0 heterocycles. The largest absolute Gasteiger partial charge is 0.399 e. The Hall–Kier alpha value is 9.08. The SMILES string of the molecule is CC(CCCCCCl)C[Si](C)(C)C.CC(CCCCCCl)C[Si](CO)(CO)CO.CC(CCCCCCl)C[Si](Cl)(Cl)Cl.CC(CCCCCl)C[Si](C)(C)C.CC(CCCCCl)C[Si](CO)(CO)CO.CC(CCCCCl)C[Si](Cl)(Cl)Cl.CC(CCCCl)C[Si](C)(C)C.CC(CCCCl)C[Si](CO)(CO)CO.CC(CCCCl)C[Si](Cl)(Cl)Cl.CC(CCCl)C[Si](C)(C)C.CC(CCCl)C[Si](CO)(CO)CO.CC(CCCl)C[Si](Cl)(Cl)Cl. The molecule has 0 aromatic carbocycles. The van der Waals surface area contributed by atoms with Gasteiger partial charge < -0.3 is 61.3 Å². The molecule has 0 bridgehead atoms. The third-order valence-corrected chi connectivity index (χ3v) is 60.1. The van der Waals surface area contributed by atoms with E-state index in [9.17, 15) is 30.6 Å². The molecule has 12 N–H and O–H groups in total. The van der Waals surface area contributed by atoms with E-state index in [-0.39, 0.29) is 74.8 Å². The molecular formula is C102H228Cl24O12Si12. The molecule has 0 amide bonds. The van der Waals surface area contributed by atoms with Gasteiger partial charge in [-0.15, -0.1) is 272 Å². The Bertz CT molecular complexity index is 2560. The number of halogens is 24. The molecule has 150 heavy (non-hydrogen) atoms. The predicted molar refractivity (Wildman–Crippen MR) is 729 cm³/mol. The van der Waals surface area contributed by atoms with Gasteiger partial charge in [0.2, 0.25) is 0 Å². The minimum atomic E-state index is -2.40. The molecule has 0 fully saturated rings. The maximum absolute atomic E-state index is 9.26. The van der Waals surface area contributed by atoms with Crippen LogP contribution >= 0.6 is 272 Å². The Labute approximate surface area is 1050 Å². The maximum atomic E-state index is 9.26. The van der Waals surface area contributed by atoms with Gasteiger partial charge in [0.1, 0.15) is 32.3 Å². The van der Waals surface area contributed by atoms with Crippen molar-refractivity contribution in [2.75, 3.05) is 145 Å². The van der Waals surface area contributed by atoms with Crippen molar-refractivity contribution < 1.29 is 61.3 Å². The topological polar surface area (TPSA) is 243 Å². The fraction of sp³-hybridized carbons (Fsp3) is 1.00. The van der Waals surface area contributed by atoms with Crippen LogP contribution in [0.5, 0.6) is 0 Å². The average Bonchev–Trinajstić information content (AvgIpc) is 0.886. The first-order valence-electron chi connectivity index (χ1n) is 55.5. The summed E-state index contributed by atoms with van der Waals surface area (Å²) in [6.07, 6.45) is 33.8. The summed E-state index contributed by atoms with van der Waals surface area (Å²) in [5.74, 6) is 16.1. The molecule has 0 rings (SSSR count). The minimum Gasteiger partial charge on any atom is -0.399 e. The van der Waals surface area contributed by atoms with Gasteiger partial charge in [0, 0.05) is 178 Å². The number of hydrogen-bond acceptors (Lipinski definition) is 12. The van der Waals surface area contributed by atoms with E-state index in [1.165, 1.54) is 101 Å². The second kappa shape index (κ2) is 116. The van der Waals surface area contributed by atoms with Crippen molar-refractivity contribution in [1.29, 1.82) is 0 Å². The quantitative estimate of drug-likeness (QED) is 0.0118. The Balaban J connectivity index is -0.000000139. The van der Waals surface area contributed by atoms with Gasteiger partial charge in [-0.05, 0) is 216 Å². The number of alkyl halides is 12. The summed E-state index contributed by atoms with van der Waals surface area (Å²) in [6, 6.07) is 2.32. The van der Waals surface area contributed by atoms with Gasteiger partial charge in [-0.1, -0.05) is 282 Å². The first kappa shape index (κ1) is 184. The van der Waals surface area contributed by atoms with Crippen LogP contribution in [-0.2, 0) is 0 Å². The summed E-state index contributed by atoms with van der Waals surface area (Å²) < 4.78 is 0. The molecule has 0 aliphatic carbocycles. The van der Waals surface area contributed by atoms with Crippen molar-refractivity contribution in [2.24, 2.45) is 71.0 Å². The number of aliphatic hydroxyl groups is 12. The van der Waals surface area contributed by atoms with Gasteiger partial charge in [-0.2, -0.15) is 0 Å². The summed E-state index contributed by atoms with van der Waals surface area (Å²) >= 11 is 136. The van der Waals surface area contributed by atoms with Crippen LogP contribution in [-0.4, -0.2) is 295 Å².